The molecule has 0 saturated carbocycles. The standard InChI is InChI=1S/C14H21NO4/c1-9(15-13(18)19-14(2,3)4)7-10-5-6-11(16)12(17)8-10/h5-6,8-9,16-17H,7H2,1-4H3,(H,15,18)/t9-/m1/s1. The van der Waals surface area contributed by atoms with Crippen molar-refractivity contribution in [3.8, 4) is 11.5 Å². The Morgan fingerprint density at radius 3 is 2.47 bits per heavy atom. The van der Waals surface area contributed by atoms with Gasteiger partial charge in [-0.3, -0.25) is 0 Å². The number of hydrogen-bond acceptors (Lipinski definition) is 4. The van der Waals surface area contributed by atoms with Crippen LogP contribution in [-0.4, -0.2) is 27.9 Å². The van der Waals surface area contributed by atoms with Crippen LogP contribution in [0.3, 0.4) is 0 Å². The van der Waals surface area contributed by atoms with E-state index in [9.17, 15) is 15.0 Å². The number of carbonyl (C=O) groups excluding carboxylic acids is 1. The summed E-state index contributed by atoms with van der Waals surface area (Å²) in [7, 11) is 0. The van der Waals surface area contributed by atoms with Gasteiger partial charge in [0.1, 0.15) is 5.60 Å². The molecule has 1 rings (SSSR count). The van der Waals surface area contributed by atoms with Crippen LogP contribution in [0.15, 0.2) is 18.2 Å². The molecule has 0 spiro atoms. The Bertz CT molecular complexity index is 451. The van der Waals surface area contributed by atoms with Crippen molar-refractivity contribution in [2.24, 2.45) is 0 Å². The maximum atomic E-state index is 11.6. The molecule has 0 saturated heterocycles. The third-order valence-corrected chi connectivity index (χ3v) is 2.34. The SMILES string of the molecule is C[C@H](Cc1ccc(O)c(O)c1)NC(=O)OC(C)(C)C. The molecule has 3 N–H and O–H groups in total. The average Bonchev–Trinajstić information content (AvgIpc) is 2.20. The lowest BCUT2D eigenvalue weighted by Gasteiger charge is -2.22. The van der Waals surface area contributed by atoms with Gasteiger partial charge in [0.05, 0.1) is 0 Å². The van der Waals surface area contributed by atoms with E-state index < -0.39 is 11.7 Å². The maximum absolute atomic E-state index is 11.6. The molecule has 1 atom stereocenters. The summed E-state index contributed by atoms with van der Waals surface area (Å²) in [5, 5.41) is 21.3. The first-order valence-corrected chi connectivity index (χ1v) is 6.18. The van der Waals surface area contributed by atoms with Crippen molar-refractivity contribution in [1.82, 2.24) is 5.32 Å². The van der Waals surface area contributed by atoms with E-state index in [0.717, 1.165) is 5.56 Å². The van der Waals surface area contributed by atoms with E-state index in [4.69, 9.17) is 4.74 Å². The molecular weight excluding hydrogens is 246 g/mol. The molecule has 0 aromatic heterocycles. The number of rotatable bonds is 3. The Labute approximate surface area is 113 Å². The first kappa shape index (κ1) is 15.1. The Balaban J connectivity index is 2.53. The topological polar surface area (TPSA) is 78.8 Å². The monoisotopic (exact) mass is 267 g/mol. The number of carbonyl (C=O) groups is 1. The van der Waals surface area contributed by atoms with Gasteiger partial charge in [0, 0.05) is 6.04 Å². The van der Waals surface area contributed by atoms with Crippen LogP contribution in [0.1, 0.15) is 33.3 Å². The number of ether oxygens (including phenoxy) is 1. The van der Waals surface area contributed by atoms with Crippen molar-refractivity contribution >= 4 is 6.09 Å². The highest BCUT2D eigenvalue weighted by molar-refractivity contribution is 5.68. The number of benzene rings is 1. The van der Waals surface area contributed by atoms with Crippen LogP contribution in [0.2, 0.25) is 0 Å². The summed E-state index contributed by atoms with van der Waals surface area (Å²) in [6.07, 6.45) is 0.0654. The lowest BCUT2D eigenvalue weighted by molar-refractivity contribution is 0.0508. The van der Waals surface area contributed by atoms with E-state index in [1.807, 2.05) is 6.92 Å². The van der Waals surface area contributed by atoms with Crippen LogP contribution in [0.4, 0.5) is 4.79 Å². The molecule has 0 fully saturated rings. The van der Waals surface area contributed by atoms with E-state index in [-0.39, 0.29) is 17.5 Å². The van der Waals surface area contributed by atoms with Gasteiger partial charge in [-0.2, -0.15) is 0 Å². The Kier molecular flexibility index (Phi) is 4.64. The lowest BCUT2D eigenvalue weighted by Crippen LogP contribution is -2.38. The van der Waals surface area contributed by atoms with Crippen LogP contribution in [0, 0.1) is 0 Å². The molecule has 106 valence electrons. The molecule has 0 aliphatic carbocycles. The van der Waals surface area contributed by atoms with Gasteiger partial charge in [-0.25, -0.2) is 4.79 Å². The molecule has 1 aromatic rings. The summed E-state index contributed by atoms with van der Waals surface area (Å²) >= 11 is 0. The largest absolute Gasteiger partial charge is 0.504 e. The van der Waals surface area contributed by atoms with Crippen molar-refractivity contribution < 1.29 is 19.7 Å². The van der Waals surface area contributed by atoms with Crippen molar-refractivity contribution in [1.29, 1.82) is 0 Å². The van der Waals surface area contributed by atoms with E-state index >= 15 is 0 Å². The summed E-state index contributed by atoms with van der Waals surface area (Å²) < 4.78 is 5.15. The zero-order valence-corrected chi connectivity index (χ0v) is 11.7. The quantitative estimate of drug-likeness (QED) is 0.735. The first-order chi connectivity index (χ1) is 8.67. The Hall–Kier alpha value is -1.91. The van der Waals surface area contributed by atoms with Crippen LogP contribution < -0.4 is 5.32 Å². The predicted octanol–water partition coefficient (Wildman–Crippen LogP) is 2.55. The van der Waals surface area contributed by atoms with Gasteiger partial charge < -0.3 is 20.3 Å². The first-order valence-electron chi connectivity index (χ1n) is 6.18. The second-order valence-electron chi connectivity index (χ2n) is 5.57. The van der Waals surface area contributed by atoms with Crippen molar-refractivity contribution in [2.75, 3.05) is 0 Å². The number of phenolic OH excluding ortho intramolecular Hbond substituents is 2. The summed E-state index contributed by atoms with van der Waals surface area (Å²) in [6, 6.07) is 4.45. The average molecular weight is 267 g/mol. The fraction of sp³-hybridized carbons (Fsp3) is 0.500. The molecule has 0 bridgehead atoms. The fourth-order valence-electron chi connectivity index (χ4n) is 1.61. The van der Waals surface area contributed by atoms with Gasteiger partial charge in [0.15, 0.2) is 11.5 Å². The zero-order chi connectivity index (χ0) is 14.6. The number of hydrogen-bond donors (Lipinski definition) is 3. The molecule has 0 aliphatic heterocycles. The maximum Gasteiger partial charge on any atom is 0.407 e. The van der Waals surface area contributed by atoms with Gasteiger partial charge in [-0.15, -0.1) is 0 Å². The van der Waals surface area contributed by atoms with Crippen molar-refractivity contribution in [3.63, 3.8) is 0 Å². The molecule has 1 aromatic carbocycles. The van der Waals surface area contributed by atoms with Gasteiger partial charge in [-0.05, 0) is 51.8 Å². The number of amides is 1. The van der Waals surface area contributed by atoms with Crippen LogP contribution >= 0.6 is 0 Å². The summed E-state index contributed by atoms with van der Waals surface area (Å²) in [6.45, 7) is 7.24. The smallest absolute Gasteiger partial charge is 0.407 e. The minimum atomic E-state index is -0.527. The highest BCUT2D eigenvalue weighted by Crippen LogP contribution is 2.25. The normalized spacial score (nSPS) is 12.8. The Morgan fingerprint density at radius 2 is 1.95 bits per heavy atom. The minimum absolute atomic E-state index is 0.140. The second kappa shape index (κ2) is 5.82. The third-order valence-electron chi connectivity index (χ3n) is 2.34. The highest BCUT2D eigenvalue weighted by atomic mass is 16.6. The molecule has 5 heteroatoms. The molecule has 0 heterocycles. The summed E-state index contributed by atoms with van der Waals surface area (Å²) in [5.41, 5.74) is 0.291. The molecule has 1 amide bonds. The number of phenols is 2. The number of nitrogens with one attached hydrogen (secondary N) is 1. The van der Waals surface area contributed by atoms with E-state index in [2.05, 4.69) is 5.32 Å². The van der Waals surface area contributed by atoms with Crippen molar-refractivity contribution in [2.45, 2.75) is 45.8 Å². The van der Waals surface area contributed by atoms with E-state index in [1.54, 1.807) is 26.8 Å². The predicted molar refractivity (Wildman–Crippen MR) is 72.3 cm³/mol. The summed E-state index contributed by atoms with van der Waals surface area (Å²) in [4.78, 5) is 11.6. The van der Waals surface area contributed by atoms with Gasteiger partial charge in [0.25, 0.3) is 0 Å². The third kappa shape index (κ3) is 5.50. The molecular formula is C14H21NO4. The number of alkyl carbamates (subject to hydrolysis) is 1. The molecule has 0 unspecified atom stereocenters. The zero-order valence-electron chi connectivity index (χ0n) is 11.7. The highest BCUT2D eigenvalue weighted by Gasteiger charge is 2.17. The minimum Gasteiger partial charge on any atom is -0.504 e. The molecule has 0 aliphatic rings. The van der Waals surface area contributed by atoms with Crippen LogP contribution in [-0.2, 0) is 11.2 Å². The molecule has 19 heavy (non-hydrogen) atoms. The van der Waals surface area contributed by atoms with Gasteiger partial charge in [-0.1, -0.05) is 6.07 Å². The van der Waals surface area contributed by atoms with Crippen molar-refractivity contribution in [3.05, 3.63) is 23.8 Å². The van der Waals surface area contributed by atoms with Gasteiger partial charge in [0.2, 0.25) is 0 Å². The lowest BCUT2D eigenvalue weighted by atomic mass is 10.1. The van der Waals surface area contributed by atoms with Crippen LogP contribution in [0.5, 0.6) is 11.5 Å². The van der Waals surface area contributed by atoms with E-state index in [1.165, 1.54) is 12.1 Å². The van der Waals surface area contributed by atoms with E-state index in [0.29, 0.717) is 6.42 Å². The molecule has 0 radical (unpaired) electrons. The second-order valence-corrected chi connectivity index (χ2v) is 5.57. The summed E-state index contributed by atoms with van der Waals surface area (Å²) in [5.74, 6) is -0.321. The van der Waals surface area contributed by atoms with Gasteiger partial charge >= 0.3 is 6.09 Å². The molecule has 5 nitrogen and oxygen atoms in total. The number of aromatic hydroxyl groups is 2. The fourth-order valence-corrected chi connectivity index (χ4v) is 1.61. The van der Waals surface area contributed by atoms with Crippen LogP contribution in [0.25, 0.3) is 0 Å². The Morgan fingerprint density at radius 1 is 1.32 bits per heavy atom.